The Morgan fingerprint density at radius 1 is 1.23 bits per heavy atom. The Morgan fingerprint density at radius 3 is 2.59 bits per heavy atom. The van der Waals surface area contributed by atoms with Gasteiger partial charge in [0.1, 0.15) is 0 Å². The maximum Gasteiger partial charge on any atom is 0.331 e. The van der Waals surface area contributed by atoms with Gasteiger partial charge in [0.25, 0.3) is 5.91 Å². The van der Waals surface area contributed by atoms with Crippen LogP contribution >= 0.6 is 34.5 Å². The van der Waals surface area contributed by atoms with Crippen molar-refractivity contribution in [2.24, 2.45) is 0 Å². The molecule has 0 fully saturated rings. The second-order valence-electron chi connectivity index (χ2n) is 4.16. The SMILES string of the molecule is O=C(COC(=O)/C=C/c1cccs1)Nc1cc(Cl)cc(Cl)c1. The minimum atomic E-state index is -0.590. The third-order valence-electron chi connectivity index (χ3n) is 2.42. The first-order valence-corrected chi connectivity index (χ1v) is 7.81. The van der Waals surface area contributed by atoms with Gasteiger partial charge < -0.3 is 10.1 Å². The number of carbonyl (C=O) groups is 2. The van der Waals surface area contributed by atoms with Crippen LogP contribution in [0, 0.1) is 0 Å². The third kappa shape index (κ3) is 5.52. The average Bonchev–Trinajstić information content (AvgIpc) is 2.95. The summed E-state index contributed by atoms with van der Waals surface area (Å²) >= 11 is 13.1. The molecule has 114 valence electrons. The van der Waals surface area contributed by atoms with Gasteiger partial charge in [-0.05, 0) is 35.7 Å². The van der Waals surface area contributed by atoms with Gasteiger partial charge in [0.05, 0.1) is 0 Å². The number of rotatable bonds is 5. The lowest BCUT2D eigenvalue weighted by Gasteiger charge is -2.06. The molecule has 0 saturated heterocycles. The predicted octanol–water partition coefficient (Wildman–Crippen LogP) is 4.25. The molecule has 2 aromatic rings. The molecule has 2 rings (SSSR count). The Kier molecular flexibility index (Phi) is 6.00. The molecule has 1 N–H and O–H groups in total. The second-order valence-corrected chi connectivity index (χ2v) is 6.01. The fourth-order valence-corrected chi connectivity index (χ4v) is 2.69. The average molecular weight is 356 g/mol. The number of esters is 1. The Bertz CT molecular complexity index is 679. The summed E-state index contributed by atoms with van der Waals surface area (Å²) in [7, 11) is 0. The summed E-state index contributed by atoms with van der Waals surface area (Å²) in [4.78, 5) is 24.1. The van der Waals surface area contributed by atoms with Crippen molar-refractivity contribution in [2.45, 2.75) is 0 Å². The summed E-state index contributed by atoms with van der Waals surface area (Å²) in [6.45, 7) is -0.391. The summed E-state index contributed by atoms with van der Waals surface area (Å²) in [6, 6.07) is 8.38. The van der Waals surface area contributed by atoms with Crippen LogP contribution < -0.4 is 5.32 Å². The number of hydrogen-bond donors (Lipinski definition) is 1. The zero-order valence-corrected chi connectivity index (χ0v) is 13.5. The van der Waals surface area contributed by atoms with Crippen LogP contribution in [0.4, 0.5) is 5.69 Å². The molecule has 1 aromatic carbocycles. The molecular formula is C15H11Cl2NO3S. The maximum absolute atomic E-state index is 11.7. The van der Waals surface area contributed by atoms with Crippen molar-refractivity contribution in [3.05, 3.63) is 56.7 Å². The molecule has 0 saturated carbocycles. The number of benzene rings is 1. The molecule has 0 bridgehead atoms. The fourth-order valence-electron chi connectivity index (χ4n) is 1.54. The Balaban J connectivity index is 1.81. The lowest BCUT2D eigenvalue weighted by atomic mass is 10.3. The van der Waals surface area contributed by atoms with E-state index in [2.05, 4.69) is 5.32 Å². The van der Waals surface area contributed by atoms with E-state index >= 15 is 0 Å². The number of halogens is 2. The summed E-state index contributed by atoms with van der Waals surface area (Å²) < 4.78 is 4.84. The smallest absolute Gasteiger partial charge is 0.331 e. The summed E-state index contributed by atoms with van der Waals surface area (Å²) in [5.41, 5.74) is 0.438. The molecule has 1 heterocycles. The molecule has 0 radical (unpaired) electrons. The van der Waals surface area contributed by atoms with Crippen LogP contribution in [-0.2, 0) is 14.3 Å². The molecular weight excluding hydrogens is 345 g/mol. The van der Waals surface area contributed by atoms with Crippen molar-refractivity contribution in [3.63, 3.8) is 0 Å². The molecule has 0 aliphatic rings. The lowest BCUT2D eigenvalue weighted by molar-refractivity contribution is -0.142. The second kappa shape index (κ2) is 7.98. The van der Waals surface area contributed by atoms with E-state index < -0.39 is 18.5 Å². The summed E-state index contributed by atoms with van der Waals surface area (Å²) in [6.07, 6.45) is 2.90. The number of amides is 1. The fraction of sp³-hybridized carbons (Fsp3) is 0.0667. The molecule has 0 aliphatic heterocycles. The molecule has 4 nitrogen and oxygen atoms in total. The van der Waals surface area contributed by atoms with E-state index in [1.54, 1.807) is 24.3 Å². The number of hydrogen-bond acceptors (Lipinski definition) is 4. The number of thiophene rings is 1. The standard InChI is InChI=1S/C15H11Cl2NO3S/c16-10-6-11(17)8-12(7-10)18-14(19)9-21-15(20)4-3-13-2-1-5-22-13/h1-8H,9H2,(H,18,19)/b4-3+. The van der Waals surface area contributed by atoms with Crippen LogP contribution in [0.25, 0.3) is 6.08 Å². The van der Waals surface area contributed by atoms with Gasteiger partial charge >= 0.3 is 5.97 Å². The van der Waals surface area contributed by atoms with E-state index in [0.717, 1.165) is 4.88 Å². The van der Waals surface area contributed by atoms with Crippen LogP contribution in [0.3, 0.4) is 0 Å². The Labute approximate surface area is 141 Å². The van der Waals surface area contributed by atoms with Crippen molar-refractivity contribution < 1.29 is 14.3 Å². The highest BCUT2D eigenvalue weighted by molar-refractivity contribution is 7.10. The lowest BCUT2D eigenvalue weighted by Crippen LogP contribution is -2.20. The van der Waals surface area contributed by atoms with E-state index in [1.165, 1.54) is 17.4 Å². The number of anilines is 1. The van der Waals surface area contributed by atoms with Gasteiger partial charge in [0.15, 0.2) is 6.61 Å². The van der Waals surface area contributed by atoms with Crippen molar-refractivity contribution in [3.8, 4) is 0 Å². The molecule has 0 unspecified atom stereocenters. The molecule has 7 heteroatoms. The highest BCUT2D eigenvalue weighted by atomic mass is 35.5. The first-order chi connectivity index (χ1) is 10.5. The maximum atomic E-state index is 11.7. The van der Waals surface area contributed by atoms with Crippen LogP contribution in [0.5, 0.6) is 0 Å². The van der Waals surface area contributed by atoms with Gasteiger partial charge in [-0.1, -0.05) is 29.3 Å². The number of carbonyl (C=O) groups excluding carboxylic acids is 2. The van der Waals surface area contributed by atoms with E-state index in [-0.39, 0.29) is 0 Å². The zero-order valence-electron chi connectivity index (χ0n) is 11.2. The van der Waals surface area contributed by atoms with Crippen molar-refractivity contribution in [1.82, 2.24) is 0 Å². The Hall–Kier alpha value is -1.82. The van der Waals surface area contributed by atoms with E-state index in [1.807, 2.05) is 17.5 Å². The van der Waals surface area contributed by atoms with Crippen LogP contribution in [0.15, 0.2) is 41.8 Å². The molecule has 22 heavy (non-hydrogen) atoms. The molecule has 1 aromatic heterocycles. The zero-order chi connectivity index (χ0) is 15.9. The van der Waals surface area contributed by atoms with Gasteiger partial charge in [0.2, 0.25) is 0 Å². The number of nitrogens with one attached hydrogen (secondary N) is 1. The highest BCUT2D eigenvalue weighted by Gasteiger charge is 2.07. The first kappa shape index (κ1) is 16.5. The van der Waals surface area contributed by atoms with Crippen molar-refractivity contribution >= 4 is 58.2 Å². The Morgan fingerprint density at radius 2 is 1.95 bits per heavy atom. The van der Waals surface area contributed by atoms with E-state index in [9.17, 15) is 9.59 Å². The summed E-state index contributed by atoms with van der Waals surface area (Å²) in [5, 5.41) is 5.24. The van der Waals surface area contributed by atoms with Crippen LogP contribution in [0.1, 0.15) is 4.88 Å². The minimum absolute atomic E-state index is 0.391. The van der Waals surface area contributed by atoms with Crippen LogP contribution in [-0.4, -0.2) is 18.5 Å². The van der Waals surface area contributed by atoms with Gasteiger partial charge in [0, 0.05) is 26.7 Å². The quantitative estimate of drug-likeness (QED) is 0.644. The normalized spacial score (nSPS) is 10.6. The summed E-state index contributed by atoms with van der Waals surface area (Å²) in [5.74, 6) is -1.07. The molecule has 0 aliphatic carbocycles. The highest BCUT2D eigenvalue weighted by Crippen LogP contribution is 2.22. The van der Waals surface area contributed by atoms with Gasteiger partial charge in [-0.25, -0.2) is 4.79 Å². The largest absolute Gasteiger partial charge is 0.452 e. The molecule has 0 atom stereocenters. The monoisotopic (exact) mass is 355 g/mol. The van der Waals surface area contributed by atoms with Crippen molar-refractivity contribution in [2.75, 3.05) is 11.9 Å². The molecule has 0 spiro atoms. The van der Waals surface area contributed by atoms with Gasteiger partial charge in [-0.3, -0.25) is 4.79 Å². The predicted molar refractivity (Wildman–Crippen MR) is 89.4 cm³/mol. The first-order valence-electron chi connectivity index (χ1n) is 6.17. The number of ether oxygens (including phenoxy) is 1. The molecule has 1 amide bonds. The topological polar surface area (TPSA) is 55.4 Å². The van der Waals surface area contributed by atoms with Crippen LogP contribution in [0.2, 0.25) is 10.0 Å². The van der Waals surface area contributed by atoms with E-state index in [4.69, 9.17) is 27.9 Å². The van der Waals surface area contributed by atoms with Crippen molar-refractivity contribution in [1.29, 1.82) is 0 Å². The minimum Gasteiger partial charge on any atom is -0.452 e. The van der Waals surface area contributed by atoms with E-state index in [0.29, 0.717) is 15.7 Å². The third-order valence-corrected chi connectivity index (χ3v) is 3.69. The van der Waals surface area contributed by atoms with Gasteiger partial charge in [-0.2, -0.15) is 0 Å². The van der Waals surface area contributed by atoms with Gasteiger partial charge in [-0.15, -0.1) is 11.3 Å².